The van der Waals surface area contributed by atoms with Gasteiger partial charge in [0.05, 0.1) is 5.02 Å². The molecule has 3 rings (SSSR count). The summed E-state index contributed by atoms with van der Waals surface area (Å²) in [6, 6.07) is 3.45. The van der Waals surface area contributed by atoms with E-state index in [2.05, 4.69) is 0 Å². The molecule has 1 aliphatic carbocycles. The molecule has 21 heavy (non-hydrogen) atoms. The molecule has 2 fully saturated rings. The number of halogens is 1. The fourth-order valence-corrected chi connectivity index (χ4v) is 3.82. The van der Waals surface area contributed by atoms with Crippen molar-refractivity contribution >= 4 is 23.5 Å². The zero-order chi connectivity index (χ0) is 15.1. The van der Waals surface area contributed by atoms with E-state index in [0.29, 0.717) is 12.1 Å². The topological polar surface area (TPSA) is 77.8 Å². The number of aliphatic carboxylic acids is 1. The number of rotatable bonds is 2. The molecule has 3 atom stereocenters. The van der Waals surface area contributed by atoms with Gasteiger partial charge in [0.2, 0.25) is 0 Å². The van der Waals surface area contributed by atoms with Crippen molar-refractivity contribution in [3.05, 3.63) is 28.8 Å². The van der Waals surface area contributed by atoms with Crippen LogP contribution in [-0.2, 0) is 4.79 Å². The SMILES string of the molecule is O=C(O)C1C2CCCC2CN1C(=O)c1ccc(O)c(Cl)c1. The van der Waals surface area contributed by atoms with Gasteiger partial charge in [-0.2, -0.15) is 0 Å². The Labute approximate surface area is 127 Å². The van der Waals surface area contributed by atoms with E-state index in [1.54, 1.807) is 0 Å². The quantitative estimate of drug-likeness (QED) is 0.879. The van der Waals surface area contributed by atoms with Gasteiger partial charge < -0.3 is 15.1 Å². The molecule has 1 aliphatic heterocycles. The number of phenolic OH excluding ortho intramolecular Hbond substituents is 1. The third-order valence-electron chi connectivity index (χ3n) is 4.60. The van der Waals surface area contributed by atoms with Crippen molar-refractivity contribution in [2.45, 2.75) is 25.3 Å². The van der Waals surface area contributed by atoms with Crippen LogP contribution in [0.3, 0.4) is 0 Å². The number of aromatic hydroxyl groups is 1. The Kier molecular flexibility index (Phi) is 3.53. The minimum absolute atomic E-state index is 0.0547. The van der Waals surface area contributed by atoms with Crippen molar-refractivity contribution in [3.8, 4) is 5.75 Å². The minimum Gasteiger partial charge on any atom is -0.506 e. The van der Waals surface area contributed by atoms with Crippen molar-refractivity contribution in [1.29, 1.82) is 0 Å². The molecule has 1 heterocycles. The van der Waals surface area contributed by atoms with E-state index in [0.717, 1.165) is 19.3 Å². The third-order valence-corrected chi connectivity index (χ3v) is 4.90. The van der Waals surface area contributed by atoms with Crippen LogP contribution in [0.2, 0.25) is 5.02 Å². The summed E-state index contributed by atoms with van der Waals surface area (Å²) in [7, 11) is 0. The molecule has 1 aromatic rings. The Hall–Kier alpha value is -1.75. The second-order valence-corrected chi connectivity index (χ2v) is 6.17. The van der Waals surface area contributed by atoms with Crippen LogP contribution in [0.4, 0.5) is 0 Å². The van der Waals surface area contributed by atoms with E-state index in [1.807, 2.05) is 0 Å². The molecule has 0 radical (unpaired) electrons. The van der Waals surface area contributed by atoms with E-state index in [9.17, 15) is 19.8 Å². The van der Waals surface area contributed by atoms with Gasteiger partial charge in [-0.1, -0.05) is 18.0 Å². The van der Waals surface area contributed by atoms with E-state index >= 15 is 0 Å². The Morgan fingerprint density at radius 2 is 2.05 bits per heavy atom. The largest absolute Gasteiger partial charge is 0.506 e. The van der Waals surface area contributed by atoms with Gasteiger partial charge in [0, 0.05) is 12.1 Å². The fraction of sp³-hybridized carbons (Fsp3) is 0.467. The smallest absolute Gasteiger partial charge is 0.326 e. The summed E-state index contributed by atoms with van der Waals surface area (Å²) in [5.41, 5.74) is 0.309. The number of carboxylic acid groups (broad SMARTS) is 1. The second kappa shape index (κ2) is 5.22. The van der Waals surface area contributed by atoms with Crippen LogP contribution in [0.15, 0.2) is 18.2 Å². The first-order valence-corrected chi connectivity index (χ1v) is 7.39. The normalized spacial score (nSPS) is 27.7. The first-order chi connectivity index (χ1) is 9.99. The molecular weight excluding hydrogens is 294 g/mol. The molecule has 112 valence electrons. The molecule has 1 saturated carbocycles. The lowest BCUT2D eigenvalue weighted by Crippen LogP contribution is -2.43. The van der Waals surface area contributed by atoms with Crippen LogP contribution in [0.5, 0.6) is 5.75 Å². The fourth-order valence-electron chi connectivity index (χ4n) is 3.64. The first-order valence-electron chi connectivity index (χ1n) is 7.01. The zero-order valence-corrected chi connectivity index (χ0v) is 12.1. The minimum atomic E-state index is -0.942. The molecular formula is C15H16ClNO4. The predicted molar refractivity (Wildman–Crippen MR) is 76.4 cm³/mol. The van der Waals surface area contributed by atoms with Crippen molar-refractivity contribution < 1.29 is 19.8 Å². The number of carbonyl (C=O) groups is 2. The Morgan fingerprint density at radius 1 is 1.29 bits per heavy atom. The summed E-state index contributed by atoms with van der Waals surface area (Å²) in [4.78, 5) is 25.6. The number of fused-ring (bicyclic) bond motifs is 1. The summed E-state index contributed by atoms with van der Waals surface area (Å²) >= 11 is 5.82. The highest BCUT2D eigenvalue weighted by molar-refractivity contribution is 6.32. The van der Waals surface area contributed by atoms with Crippen LogP contribution < -0.4 is 0 Å². The van der Waals surface area contributed by atoms with Crippen LogP contribution in [0, 0.1) is 11.8 Å². The van der Waals surface area contributed by atoms with Crippen LogP contribution in [-0.4, -0.2) is 39.6 Å². The van der Waals surface area contributed by atoms with Crippen LogP contribution in [0.25, 0.3) is 0 Å². The molecule has 6 heteroatoms. The zero-order valence-electron chi connectivity index (χ0n) is 11.3. The van der Waals surface area contributed by atoms with Gasteiger partial charge in [0.1, 0.15) is 11.8 Å². The van der Waals surface area contributed by atoms with E-state index in [-0.39, 0.29) is 28.5 Å². The standard InChI is InChI=1S/C15H16ClNO4/c16-11-6-8(4-5-12(11)18)14(19)17-7-9-2-1-3-10(9)13(17)15(20)21/h4-6,9-10,13,18H,1-3,7H2,(H,20,21). The van der Waals surface area contributed by atoms with Gasteiger partial charge in [0.15, 0.2) is 0 Å². The summed E-state index contributed by atoms with van der Waals surface area (Å²) in [5.74, 6) is -1.04. The highest BCUT2D eigenvalue weighted by Gasteiger charge is 2.49. The number of phenols is 1. The number of hydrogen-bond acceptors (Lipinski definition) is 3. The molecule has 0 aromatic heterocycles. The number of likely N-dealkylation sites (tertiary alicyclic amines) is 1. The second-order valence-electron chi connectivity index (χ2n) is 5.76. The average molecular weight is 310 g/mol. The molecule has 3 unspecified atom stereocenters. The molecule has 2 N–H and O–H groups in total. The van der Waals surface area contributed by atoms with Gasteiger partial charge in [0.25, 0.3) is 5.91 Å². The lowest BCUT2D eigenvalue weighted by molar-refractivity contribution is -0.142. The highest BCUT2D eigenvalue weighted by atomic mass is 35.5. The Balaban J connectivity index is 1.89. The van der Waals surface area contributed by atoms with Gasteiger partial charge in [-0.05, 0) is 42.9 Å². The first kappa shape index (κ1) is 14.2. The van der Waals surface area contributed by atoms with Crippen molar-refractivity contribution in [2.24, 2.45) is 11.8 Å². The van der Waals surface area contributed by atoms with E-state index in [1.165, 1.54) is 23.1 Å². The molecule has 1 saturated heterocycles. The number of carbonyl (C=O) groups excluding carboxylic acids is 1. The van der Waals surface area contributed by atoms with Gasteiger partial charge in [-0.25, -0.2) is 4.79 Å². The van der Waals surface area contributed by atoms with Gasteiger partial charge >= 0.3 is 5.97 Å². The average Bonchev–Trinajstić information content (AvgIpc) is 3.00. The van der Waals surface area contributed by atoms with Gasteiger partial charge in [-0.15, -0.1) is 0 Å². The van der Waals surface area contributed by atoms with Crippen molar-refractivity contribution in [3.63, 3.8) is 0 Å². The van der Waals surface area contributed by atoms with E-state index < -0.39 is 12.0 Å². The predicted octanol–water partition coefficient (Wildman–Crippen LogP) is 2.37. The Morgan fingerprint density at radius 3 is 2.71 bits per heavy atom. The molecule has 5 nitrogen and oxygen atoms in total. The molecule has 1 aromatic carbocycles. The van der Waals surface area contributed by atoms with Crippen molar-refractivity contribution in [2.75, 3.05) is 6.54 Å². The van der Waals surface area contributed by atoms with Crippen molar-refractivity contribution in [1.82, 2.24) is 4.90 Å². The number of benzene rings is 1. The lowest BCUT2D eigenvalue weighted by Gasteiger charge is -2.24. The van der Waals surface area contributed by atoms with E-state index in [4.69, 9.17) is 11.6 Å². The number of hydrogen-bond donors (Lipinski definition) is 2. The maximum Gasteiger partial charge on any atom is 0.326 e. The van der Waals surface area contributed by atoms with Gasteiger partial charge in [-0.3, -0.25) is 4.79 Å². The van der Waals surface area contributed by atoms with Crippen LogP contribution >= 0.6 is 11.6 Å². The monoisotopic (exact) mass is 309 g/mol. The summed E-state index contributed by atoms with van der Waals surface area (Å²) in [6.07, 6.45) is 2.88. The number of nitrogens with zero attached hydrogens (tertiary/aromatic N) is 1. The Bertz CT molecular complexity index is 603. The summed E-state index contributed by atoms with van der Waals surface area (Å²) < 4.78 is 0. The maximum absolute atomic E-state index is 12.6. The maximum atomic E-state index is 12.6. The number of amides is 1. The lowest BCUT2D eigenvalue weighted by atomic mass is 9.94. The summed E-state index contributed by atoms with van der Waals surface area (Å²) in [6.45, 7) is 0.485. The molecule has 2 aliphatic rings. The molecule has 1 amide bonds. The number of carboxylic acids is 1. The van der Waals surface area contributed by atoms with Crippen LogP contribution in [0.1, 0.15) is 29.6 Å². The molecule has 0 spiro atoms. The summed E-state index contributed by atoms with van der Waals surface area (Å²) in [5, 5.41) is 19.0. The molecule has 0 bridgehead atoms. The third kappa shape index (κ3) is 2.35. The highest BCUT2D eigenvalue weighted by Crippen LogP contribution is 2.42.